The highest BCUT2D eigenvalue weighted by atomic mass is 35.5. The normalized spacial score (nSPS) is 15.4. The monoisotopic (exact) mass is 296 g/mol. The van der Waals surface area contributed by atoms with Crippen molar-refractivity contribution < 1.29 is 9.13 Å². The second kappa shape index (κ2) is 8.53. The Bertz CT molecular complexity index is 360. The van der Waals surface area contributed by atoms with Crippen LogP contribution >= 0.6 is 24.8 Å². The van der Waals surface area contributed by atoms with Gasteiger partial charge in [-0.2, -0.15) is 0 Å². The van der Waals surface area contributed by atoms with E-state index in [-0.39, 0.29) is 30.6 Å². The zero-order valence-electron chi connectivity index (χ0n) is 10.3. The molecule has 0 bridgehead atoms. The van der Waals surface area contributed by atoms with E-state index in [2.05, 4.69) is 10.2 Å². The van der Waals surface area contributed by atoms with Crippen LogP contribution in [0, 0.1) is 5.82 Å². The van der Waals surface area contributed by atoms with Crippen molar-refractivity contribution in [3.63, 3.8) is 0 Å². The fraction of sp³-hybridized carbons (Fsp3) is 0.500. The lowest BCUT2D eigenvalue weighted by Crippen LogP contribution is -2.42. The maximum absolute atomic E-state index is 13.2. The van der Waals surface area contributed by atoms with Crippen LogP contribution in [0.5, 0.6) is 5.75 Å². The van der Waals surface area contributed by atoms with Crippen LogP contribution in [0.25, 0.3) is 0 Å². The molecule has 0 radical (unpaired) electrons. The second-order valence-corrected chi connectivity index (χ2v) is 4.00. The van der Waals surface area contributed by atoms with Crippen LogP contribution in [0.15, 0.2) is 18.2 Å². The van der Waals surface area contributed by atoms with Crippen molar-refractivity contribution >= 4 is 24.8 Å². The van der Waals surface area contributed by atoms with Gasteiger partial charge < -0.3 is 10.1 Å². The summed E-state index contributed by atoms with van der Waals surface area (Å²) in [4.78, 5) is 2.35. The van der Waals surface area contributed by atoms with Crippen molar-refractivity contribution in [2.45, 2.75) is 6.54 Å². The molecule has 6 heteroatoms. The van der Waals surface area contributed by atoms with Gasteiger partial charge in [0.2, 0.25) is 0 Å². The summed E-state index contributed by atoms with van der Waals surface area (Å²) in [5.41, 5.74) is 1.10. The molecule has 1 N–H and O–H groups in total. The molecule has 0 atom stereocenters. The van der Waals surface area contributed by atoms with E-state index in [1.54, 1.807) is 6.07 Å². The first-order valence-electron chi connectivity index (χ1n) is 5.55. The minimum atomic E-state index is -0.299. The molecule has 1 saturated heterocycles. The molecule has 1 aliphatic rings. The Morgan fingerprint density at radius 1 is 1.28 bits per heavy atom. The maximum atomic E-state index is 13.2. The van der Waals surface area contributed by atoms with Gasteiger partial charge in [0, 0.05) is 32.7 Å². The minimum absolute atomic E-state index is 0. The predicted octanol–water partition coefficient (Wildman–Crippen LogP) is 2.08. The summed E-state index contributed by atoms with van der Waals surface area (Å²) >= 11 is 0. The molecule has 1 fully saturated rings. The molecule has 3 nitrogen and oxygen atoms in total. The average molecular weight is 297 g/mol. The Balaban J connectivity index is 0.00000144. The van der Waals surface area contributed by atoms with Crippen LogP contribution in [0.1, 0.15) is 5.56 Å². The fourth-order valence-electron chi connectivity index (χ4n) is 1.93. The molecule has 18 heavy (non-hydrogen) atoms. The van der Waals surface area contributed by atoms with Gasteiger partial charge in [0.15, 0.2) is 11.6 Å². The van der Waals surface area contributed by atoms with Crippen LogP contribution in [0.2, 0.25) is 0 Å². The van der Waals surface area contributed by atoms with Crippen LogP contribution in [0.3, 0.4) is 0 Å². The lowest BCUT2D eigenvalue weighted by molar-refractivity contribution is 0.233. The van der Waals surface area contributed by atoms with Crippen molar-refractivity contribution in [1.82, 2.24) is 10.2 Å². The number of hydrogen-bond acceptors (Lipinski definition) is 3. The molecule has 0 aromatic heterocycles. The molecule has 0 aliphatic carbocycles. The first kappa shape index (κ1) is 17.4. The van der Waals surface area contributed by atoms with E-state index in [4.69, 9.17) is 4.74 Å². The molecule has 0 unspecified atom stereocenters. The second-order valence-electron chi connectivity index (χ2n) is 4.00. The van der Waals surface area contributed by atoms with E-state index in [1.807, 2.05) is 6.07 Å². The third-order valence-corrected chi connectivity index (χ3v) is 2.83. The van der Waals surface area contributed by atoms with Crippen LogP contribution < -0.4 is 10.1 Å². The van der Waals surface area contributed by atoms with Crippen LogP contribution in [-0.2, 0) is 6.54 Å². The summed E-state index contributed by atoms with van der Waals surface area (Å²) in [6, 6.07) is 5.06. The molecule has 0 spiro atoms. The molecule has 0 saturated carbocycles. The first-order chi connectivity index (χ1) is 7.79. The summed E-state index contributed by atoms with van der Waals surface area (Å²) in [6.07, 6.45) is 0. The van der Waals surface area contributed by atoms with Crippen molar-refractivity contribution in [2.24, 2.45) is 0 Å². The summed E-state index contributed by atoms with van der Waals surface area (Å²) in [6.45, 7) is 4.99. The van der Waals surface area contributed by atoms with Gasteiger partial charge in [-0.3, -0.25) is 4.90 Å². The van der Waals surface area contributed by atoms with Gasteiger partial charge in [0.05, 0.1) is 7.11 Å². The van der Waals surface area contributed by atoms with Crippen molar-refractivity contribution in [3.05, 3.63) is 29.6 Å². The van der Waals surface area contributed by atoms with Gasteiger partial charge in [-0.05, 0) is 17.7 Å². The lowest BCUT2D eigenvalue weighted by Gasteiger charge is -2.27. The largest absolute Gasteiger partial charge is 0.494 e. The molecular formula is C12H19Cl2FN2O. The topological polar surface area (TPSA) is 24.5 Å². The van der Waals surface area contributed by atoms with E-state index in [1.165, 1.54) is 13.2 Å². The molecular weight excluding hydrogens is 278 g/mol. The Labute approximate surface area is 120 Å². The molecule has 0 amide bonds. The summed E-state index contributed by atoms with van der Waals surface area (Å²) in [7, 11) is 1.49. The van der Waals surface area contributed by atoms with Gasteiger partial charge in [-0.25, -0.2) is 4.39 Å². The van der Waals surface area contributed by atoms with E-state index in [0.717, 1.165) is 38.3 Å². The summed E-state index contributed by atoms with van der Waals surface area (Å²) in [5.74, 6) is 0.0270. The first-order valence-corrected chi connectivity index (χ1v) is 5.55. The quantitative estimate of drug-likeness (QED) is 0.924. The number of hydrogen-bond donors (Lipinski definition) is 1. The number of piperazine rings is 1. The number of halogens is 3. The molecule has 2 rings (SSSR count). The van der Waals surface area contributed by atoms with E-state index in [9.17, 15) is 4.39 Å². The van der Waals surface area contributed by atoms with Gasteiger partial charge in [0.25, 0.3) is 0 Å². The maximum Gasteiger partial charge on any atom is 0.165 e. The lowest BCUT2D eigenvalue weighted by atomic mass is 10.2. The number of benzene rings is 1. The van der Waals surface area contributed by atoms with Gasteiger partial charge >= 0.3 is 0 Å². The highest BCUT2D eigenvalue weighted by Gasteiger charge is 2.11. The van der Waals surface area contributed by atoms with Crippen molar-refractivity contribution in [1.29, 1.82) is 0 Å². The number of nitrogens with one attached hydrogen (secondary N) is 1. The van der Waals surface area contributed by atoms with Gasteiger partial charge in [0.1, 0.15) is 0 Å². The van der Waals surface area contributed by atoms with E-state index in [0.29, 0.717) is 5.75 Å². The van der Waals surface area contributed by atoms with Crippen molar-refractivity contribution in [2.75, 3.05) is 33.3 Å². The third-order valence-electron chi connectivity index (χ3n) is 2.83. The fourth-order valence-corrected chi connectivity index (χ4v) is 1.93. The number of ether oxygens (including phenoxy) is 1. The third kappa shape index (κ3) is 4.61. The number of methoxy groups -OCH3 is 1. The standard InChI is InChI=1S/C12H17FN2O.2ClH/c1-16-12-8-10(2-3-11(12)13)9-15-6-4-14-5-7-15;;/h2-3,8,14H,4-7,9H2,1H3;2*1H. The number of rotatable bonds is 3. The zero-order chi connectivity index (χ0) is 11.4. The molecule has 1 aliphatic heterocycles. The van der Waals surface area contributed by atoms with Gasteiger partial charge in [-0.15, -0.1) is 24.8 Å². The van der Waals surface area contributed by atoms with Gasteiger partial charge in [-0.1, -0.05) is 6.07 Å². The Kier molecular flexibility index (Phi) is 8.27. The molecule has 1 aromatic rings. The highest BCUT2D eigenvalue weighted by molar-refractivity contribution is 5.85. The summed E-state index contributed by atoms with van der Waals surface area (Å²) in [5, 5.41) is 3.31. The Morgan fingerprint density at radius 2 is 1.94 bits per heavy atom. The summed E-state index contributed by atoms with van der Waals surface area (Å²) < 4.78 is 18.2. The van der Waals surface area contributed by atoms with Crippen molar-refractivity contribution in [3.8, 4) is 5.75 Å². The van der Waals surface area contributed by atoms with E-state index >= 15 is 0 Å². The van der Waals surface area contributed by atoms with Crippen LogP contribution in [0.4, 0.5) is 4.39 Å². The number of nitrogens with zero attached hydrogens (tertiary/aromatic N) is 1. The zero-order valence-corrected chi connectivity index (χ0v) is 12.0. The Morgan fingerprint density at radius 3 is 2.56 bits per heavy atom. The highest BCUT2D eigenvalue weighted by Crippen LogP contribution is 2.19. The SMILES string of the molecule is COc1cc(CN2CCNCC2)ccc1F.Cl.Cl. The van der Waals surface area contributed by atoms with E-state index < -0.39 is 0 Å². The Hall–Kier alpha value is -0.550. The van der Waals surface area contributed by atoms with Crippen LogP contribution in [-0.4, -0.2) is 38.2 Å². The molecule has 1 heterocycles. The average Bonchev–Trinajstić information content (AvgIpc) is 2.33. The minimum Gasteiger partial charge on any atom is -0.494 e. The molecule has 1 aromatic carbocycles. The smallest absolute Gasteiger partial charge is 0.165 e. The predicted molar refractivity (Wildman–Crippen MR) is 75.6 cm³/mol. The molecule has 104 valence electrons.